The van der Waals surface area contributed by atoms with Gasteiger partial charge in [-0.2, -0.15) is 0 Å². The second kappa shape index (κ2) is 8.00. The predicted octanol–water partition coefficient (Wildman–Crippen LogP) is 2.40. The number of pyridine rings is 1. The topological polar surface area (TPSA) is 126 Å². The Kier molecular flexibility index (Phi) is 5.48. The number of carbonyl (C=O) groups excluding carboxylic acids is 1. The number of halogens is 1. The van der Waals surface area contributed by atoms with Gasteiger partial charge in [0.15, 0.2) is 5.82 Å². The Morgan fingerprint density at radius 1 is 1.24 bits per heavy atom. The van der Waals surface area contributed by atoms with Crippen LogP contribution in [0, 0.1) is 15.9 Å². The Morgan fingerprint density at radius 3 is 2.59 bits per heavy atom. The van der Waals surface area contributed by atoms with Gasteiger partial charge in [-0.25, -0.2) is 19.2 Å². The van der Waals surface area contributed by atoms with E-state index in [9.17, 15) is 24.1 Å². The van der Waals surface area contributed by atoms with Crippen molar-refractivity contribution < 1.29 is 23.6 Å². The molecule has 0 aliphatic carbocycles. The Labute approximate surface area is 162 Å². The monoisotopic (exact) mass is 402 g/mol. The smallest absolute Gasteiger partial charge is 0.362 e. The van der Waals surface area contributed by atoms with Crippen molar-refractivity contribution >= 4 is 22.7 Å². The first-order valence-corrected chi connectivity index (χ1v) is 8.54. The average Bonchev–Trinajstić information content (AvgIpc) is 2.69. The minimum Gasteiger partial charge on any atom is -0.476 e. The predicted molar refractivity (Wildman–Crippen MR) is 98.9 cm³/mol. The van der Waals surface area contributed by atoms with E-state index in [1.807, 2.05) is 0 Å². The van der Waals surface area contributed by atoms with Crippen LogP contribution in [0.5, 0.6) is 5.88 Å². The highest BCUT2D eigenvalue weighted by molar-refractivity contribution is 5.93. The van der Waals surface area contributed by atoms with Crippen LogP contribution in [0.2, 0.25) is 0 Å². The SMILES string of the molecule is CCOC(=O)c1nc2cc(-n3ccc(=O)c(F)c3)c([N+](=O)[O-])cc2nc1OCC. The van der Waals surface area contributed by atoms with E-state index >= 15 is 0 Å². The molecule has 0 aliphatic rings. The van der Waals surface area contributed by atoms with E-state index in [0.717, 1.165) is 22.9 Å². The summed E-state index contributed by atoms with van der Waals surface area (Å²) in [5.74, 6) is -1.96. The van der Waals surface area contributed by atoms with Crippen LogP contribution in [0.3, 0.4) is 0 Å². The van der Waals surface area contributed by atoms with Gasteiger partial charge in [0, 0.05) is 24.5 Å². The van der Waals surface area contributed by atoms with Gasteiger partial charge in [-0.15, -0.1) is 0 Å². The third-order valence-corrected chi connectivity index (χ3v) is 3.83. The van der Waals surface area contributed by atoms with Crippen molar-refractivity contribution in [3.63, 3.8) is 0 Å². The van der Waals surface area contributed by atoms with Gasteiger partial charge in [0.25, 0.3) is 5.69 Å². The summed E-state index contributed by atoms with van der Waals surface area (Å²) in [7, 11) is 0. The molecule has 29 heavy (non-hydrogen) atoms. The Morgan fingerprint density at radius 2 is 1.97 bits per heavy atom. The van der Waals surface area contributed by atoms with Gasteiger partial charge in [-0.05, 0) is 19.9 Å². The van der Waals surface area contributed by atoms with E-state index in [2.05, 4.69) is 9.97 Å². The normalized spacial score (nSPS) is 10.7. The van der Waals surface area contributed by atoms with Gasteiger partial charge in [-0.3, -0.25) is 14.9 Å². The molecule has 2 heterocycles. The summed E-state index contributed by atoms with van der Waals surface area (Å²) in [6.07, 6.45) is 2.01. The molecule has 0 saturated heterocycles. The number of benzene rings is 1. The second-order valence-electron chi connectivity index (χ2n) is 5.68. The number of nitrogens with zero attached hydrogens (tertiary/aromatic N) is 4. The van der Waals surface area contributed by atoms with Gasteiger partial charge < -0.3 is 14.0 Å². The molecule has 0 N–H and O–H groups in total. The molecule has 0 atom stereocenters. The maximum atomic E-state index is 13.7. The lowest BCUT2D eigenvalue weighted by Gasteiger charge is -2.11. The molecule has 0 unspecified atom stereocenters. The van der Waals surface area contributed by atoms with E-state index in [1.54, 1.807) is 13.8 Å². The first kappa shape index (κ1) is 19.9. The molecule has 3 rings (SSSR count). The maximum Gasteiger partial charge on any atom is 0.362 e. The van der Waals surface area contributed by atoms with E-state index in [4.69, 9.17) is 9.47 Å². The highest BCUT2D eigenvalue weighted by Gasteiger charge is 2.23. The fourth-order valence-corrected chi connectivity index (χ4v) is 2.59. The summed E-state index contributed by atoms with van der Waals surface area (Å²) in [5.41, 5.74) is -1.28. The Hall–Kier alpha value is -3.89. The van der Waals surface area contributed by atoms with Crippen molar-refractivity contribution in [2.75, 3.05) is 13.2 Å². The molecule has 0 amide bonds. The lowest BCUT2D eigenvalue weighted by Crippen LogP contribution is -2.13. The molecule has 3 aromatic rings. The molecule has 10 nitrogen and oxygen atoms in total. The lowest BCUT2D eigenvalue weighted by atomic mass is 10.2. The first-order chi connectivity index (χ1) is 13.8. The minimum atomic E-state index is -1.08. The Bertz CT molecular complexity index is 1180. The highest BCUT2D eigenvalue weighted by atomic mass is 19.1. The van der Waals surface area contributed by atoms with Crippen molar-refractivity contribution in [3.8, 4) is 11.6 Å². The quantitative estimate of drug-likeness (QED) is 0.349. The lowest BCUT2D eigenvalue weighted by molar-refractivity contribution is -0.384. The second-order valence-corrected chi connectivity index (χ2v) is 5.68. The number of nitro groups is 1. The number of hydrogen-bond acceptors (Lipinski definition) is 8. The van der Waals surface area contributed by atoms with Gasteiger partial charge in [0.05, 0.1) is 29.2 Å². The number of fused-ring (bicyclic) bond motifs is 1. The van der Waals surface area contributed by atoms with Crippen LogP contribution in [-0.4, -0.2) is 38.6 Å². The fraction of sp³-hybridized carbons (Fsp3) is 0.222. The van der Waals surface area contributed by atoms with E-state index in [1.165, 1.54) is 12.3 Å². The van der Waals surface area contributed by atoms with Gasteiger partial charge in [0.2, 0.25) is 17.0 Å². The number of hydrogen-bond donors (Lipinski definition) is 0. The van der Waals surface area contributed by atoms with Gasteiger partial charge in [-0.1, -0.05) is 0 Å². The van der Waals surface area contributed by atoms with Crippen LogP contribution >= 0.6 is 0 Å². The van der Waals surface area contributed by atoms with Crippen molar-refractivity contribution in [1.29, 1.82) is 0 Å². The molecular weight excluding hydrogens is 387 g/mol. The molecule has 11 heteroatoms. The Balaban J connectivity index is 2.29. The van der Waals surface area contributed by atoms with E-state index < -0.39 is 27.8 Å². The molecule has 0 aliphatic heterocycles. The molecule has 0 radical (unpaired) electrons. The van der Waals surface area contributed by atoms with E-state index in [0.29, 0.717) is 0 Å². The zero-order chi connectivity index (χ0) is 21.1. The number of aromatic nitrogens is 3. The number of ether oxygens (including phenoxy) is 2. The third kappa shape index (κ3) is 3.88. The van der Waals surface area contributed by atoms with Gasteiger partial charge >= 0.3 is 5.97 Å². The molecule has 150 valence electrons. The molecular formula is C18H15FN4O6. The molecule has 0 saturated carbocycles. The number of nitro benzene ring substituents is 1. The highest BCUT2D eigenvalue weighted by Crippen LogP contribution is 2.29. The van der Waals surface area contributed by atoms with Gasteiger partial charge in [0.1, 0.15) is 5.69 Å². The summed E-state index contributed by atoms with van der Waals surface area (Å²) in [6.45, 7) is 3.59. The zero-order valence-electron chi connectivity index (χ0n) is 15.4. The summed E-state index contributed by atoms with van der Waals surface area (Å²) in [4.78, 5) is 42.7. The largest absolute Gasteiger partial charge is 0.476 e. The van der Waals surface area contributed by atoms with E-state index in [-0.39, 0.29) is 41.5 Å². The number of rotatable bonds is 6. The fourth-order valence-electron chi connectivity index (χ4n) is 2.59. The zero-order valence-corrected chi connectivity index (χ0v) is 15.4. The first-order valence-electron chi connectivity index (χ1n) is 8.54. The summed E-state index contributed by atoms with van der Waals surface area (Å²) in [6, 6.07) is 3.34. The van der Waals surface area contributed by atoms with Crippen LogP contribution in [0.4, 0.5) is 10.1 Å². The number of esters is 1. The summed E-state index contributed by atoms with van der Waals surface area (Å²) in [5, 5.41) is 11.5. The standard InChI is InChI=1S/C18H15FN4O6/c1-3-28-17-16(18(25)29-4-2)20-11-7-13(14(23(26)27)8-12(11)21-17)22-6-5-15(24)10(19)9-22/h5-9H,3-4H2,1-2H3. The molecule has 0 fully saturated rings. The van der Waals surface area contributed by atoms with Crippen LogP contribution in [0.15, 0.2) is 35.4 Å². The molecule has 2 aromatic heterocycles. The third-order valence-electron chi connectivity index (χ3n) is 3.83. The molecule has 0 bridgehead atoms. The molecule has 0 spiro atoms. The average molecular weight is 402 g/mol. The van der Waals surface area contributed by atoms with Crippen LogP contribution in [0.1, 0.15) is 24.3 Å². The summed E-state index contributed by atoms with van der Waals surface area (Å²) < 4.78 is 25.0. The van der Waals surface area contributed by atoms with Crippen molar-refractivity contribution in [3.05, 3.63) is 62.4 Å². The van der Waals surface area contributed by atoms with Crippen molar-refractivity contribution in [2.45, 2.75) is 13.8 Å². The number of carbonyl (C=O) groups is 1. The van der Waals surface area contributed by atoms with Crippen molar-refractivity contribution in [1.82, 2.24) is 14.5 Å². The van der Waals surface area contributed by atoms with Crippen molar-refractivity contribution in [2.24, 2.45) is 0 Å². The van der Waals surface area contributed by atoms with Crippen LogP contribution in [-0.2, 0) is 4.74 Å². The molecule has 1 aromatic carbocycles. The summed E-state index contributed by atoms with van der Waals surface area (Å²) >= 11 is 0. The maximum absolute atomic E-state index is 13.7. The minimum absolute atomic E-state index is 0.0605. The van der Waals surface area contributed by atoms with Crippen LogP contribution < -0.4 is 10.2 Å². The van der Waals surface area contributed by atoms with Crippen LogP contribution in [0.25, 0.3) is 16.7 Å².